The number of benzene rings is 1. The SMILES string of the molecule is O=C(COc1ccccc1)N1CCO[C@@H](c2cccc(-c3cncnc3)n2)C1. The Kier molecular flexibility index (Phi) is 5.53. The van der Waals surface area contributed by atoms with Crippen LogP contribution in [0, 0.1) is 0 Å². The molecule has 3 aromatic rings. The Morgan fingerprint density at radius 3 is 2.75 bits per heavy atom. The molecule has 0 unspecified atom stereocenters. The van der Waals surface area contributed by atoms with E-state index in [-0.39, 0.29) is 18.6 Å². The number of hydrogen-bond acceptors (Lipinski definition) is 6. The summed E-state index contributed by atoms with van der Waals surface area (Å²) in [6, 6.07) is 15.1. The third-order valence-electron chi connectivity index (χ3n) is 4.48. The minimum atomic E-state index is -0.279. The lowest BCUT2D eigenvalue weighted by molar-refractivity contribution is -0.141. The first-order valence-corrected chi connectivity index (χ1v) is 9.09. The van der Waals surface area contributed by atoms with E-state index in [0.717, 1.165) is 17.0 Å². The zero-order chi connectivity index (χ0) is 19.2. The van der Waals surface area contributed by atoms with Crippen molar-refractivity contribution in [3.05, 3.63) is 72.9 Å². The molecule has 0 spiro atoms. The lowest BCUT2D eigenvalue weighted by Gasteiger charge is -2.32. The zero-order valence-corrected chi connectivity index (χ0v) is 15.3. The Balaban J connectivity index is 1.42. The highest BCUT2D eigenvalue weighted by atomic mass is 16.5. The molecule has 2 aromatic heterocycles. The average Bonchev–Trinajstić information content (AvgIpc) is 2.79. The van der Waals surface area contributed by atoms with Crippen molar-refractivity contribution in [3.8, 4) is 17.0 Å². The highest BCUT2D eigenvalue weighted by Gasteiger charge is 2.26. The van der Waals surface area contributed by atoms with E-state index < -0.39 is 0 Å². The Hall–Kier alpha value is -3.32. The quantitative estimate of drug-likeness (QED) is 0.681. The largest absolute Gasteiger partial charge is 0.484 e. The van der Waals surface area contributed by atoms with Gasteiger partial charge in [0.15, 0.2) is 6.61 Å². The van der Waals surface area contributed by atoms with Gasteiger partial charge >= 0.3 is 0 Å². The Morgan fingerprint density at radius 1 is 1.11 bits per heavy atom. The first kappa shape index (κ1) is 18.1. The predicted molar refractivity (Wildman–Crippen MR) is 102 cm³/mol. The van der Waals surface area contributed by atoms with Crippen LogP contribution >= 0.6 is 0 Å². The van der Waals surface area contributed by atoms with Crippen LogP contribution in [0.1, 0.15) is 11.8 Å². The maximum atomic E-state index is 12.5. The van der Waals surface area contributed by atoms with Gasteiger partial charge in [-0.1, -0.05) is 24.3 Å². The molecule has 0 radical (unpaired) electrons. The number of hydrogen-bond donors (Lipinski definition) is 0. The van der Waals surface area contributed by atoms with Crippen molar-refractivity contribution in [3.63, 3.8) is 0 Å². The fraction of sp³-hybridized carbons (Fsp3) is 0.238. The third kappa shape index (κ3) is 4.32. The number of morpholine rings is 1. The van der Waals surface area contributed by atoms with Crippen LogP contribution in [0.3, 0.4) is 0 Å². The molecule has 1 aromatic carbocycles. The van der Waals surface area contributed by atoms with E-state index in [0.29, 0.717) is 25.4 Å². The molecule has 0 N–H and O–H groups in total. The molecular weight excluding hydrogens is 356 g/mol. The van der Waals surface area contributed by atoms with Crippen molar-refractivity contribution in [1.29, 1.82) is 0 Å². The van der Waals surface area contributed by atoms with E-state index in [4.69, 9.17) is 9.47 Å². The zero-order valence-electron chi connectivity index (χ0n) is 15.3. The summed E-state index contributed by atoms with van der Waals surface area (Å²) >= 11 is 0. The first-order valence-electron chi connectivity index (χ1n) is 9.09. The maximum Gasteiger partial charge on any atom is 0.260 e. The van der Waals surface area contributed by atoms with Gasteiger partial charge in [0.2, 0.25) is 0 Å². The average molecular weight is 376 g/mol. The monoisotopic (exact) mass is 376 g/mol. The van der Waals surface area contributed by atoms with Gasteiger partial charge in [-0.3, -0.25) is 4.79 Å². The summed E-state index contributed by atoms with van der Waals surface area (Å²) in [5.74, 6) is 0.616. The van der Waals surface area contributed by atoms with E-state index in [1.807, 2.05) is 48.5 Å². The van der Waals surface area contributed by atoms with Crippen LogP contribution in [-0.2, 0) is 9.53 Å². The Bertz CT molecular complexity index is 921. The fourth-order valence-electron chi connectivity index (χ4n) is 3.03. The standard InChI is InChI=1S/C21H20N4O3/c26-21(14-28-17-5-2-1-3-6-17)25-9-10-27-20(13-25)19-8-4-7-18(24-19)16-11-22-15-23-12-16/h1-8,11-12,15,20H,9-10,13-14H2/t20-/m1/s1. The van der Waals surface area contributed by atoms with Crippen LogP contribution in [0.25, 0.3) is 11.3 Å². The lowest BCUT2D eigenvalue weighted by atomic mass is 10.1. The number of nitrogens with zero attached hydrogens (tertiary/aromatic N) is 4. The van der Waals surface area contributed by atoms with Crippen molar-refractivity contribution in [2.24, 2.45) is 0 Å². The Morgan fingerprint density at radius 2 is 1.93 bits per heavy atom. The van der Waals surface area contributed by atoms with Gasteiger partial charge in [0.05, 0.1) is 24.5 Å². The van der Waals surface area contributed by atoms with Gasteiger partial charge in [-0.2, -0.15) is 0 Å². The molecule has 28 heavy (non-hydrogen) atoms. The number of rotatable bonds is 5. The minimum Gasteiger partial charge on any atom is -0.484 e. The highest BCUT2D eigenvalue weighted by molar-refractivity contribution is 5.78. The predicted octanol–water partition coefficient (Wildman–Crippen LogP) is 2.52. The first-order chi connectivity index (χ1) is 13.8. The highest BCUT2D eigenvalue weighted by Crippen LogP contribution is 2.24. The second-order valence-electron chi connectivity index (χ2n) is 6.38. The van der Waals surface area contributed by atoms with Crippen molar-refractivity contribution in [1.82, 2.24) is 19.9 Å². The summed E-state index contributed by atoms with van der Waals surface area (Å²) in [5.41, 5.74) is 2.39. The van der Waals surface area contributed by atoms with Crippen molar-refractivity contribution < 1.29 is 14.3 Å². The second kappa shape index (κ2) is 8.58. The molecule has 1 amide bonds. The van der Waals surface area contributed by atoms with Crippen LogP contribution in [0.5, 0.6) is 5.75 Å². The van der Waals surface area contributed by atoms with Gasteiger partial charge in [0, 0.05) is 24.5 Å². The molecule has 7 nitrogen and oxygen atoms in total. The third-order valence-corrected chi connectivity index (χ3v) is 4.48. The van der Waals surface area contributed by atoms with E-state index in [1.54, 1.807) is 17.3 Å². The number of carbonyl (C=O) groups excluding carboxylic acids is 1. The number of carbonyl (C=O) groups is 1. The van der Waals surface area contributed by atoms with Gasteiger partial charge in [-0.15, -0.1) is 0 Å². The minimum absolute atomic E-state index is 0.00551. The molecule has 7 heteroatoms. The number of aromatic nitrogens is 3. The van der Waals surface area contributed by atoms with E-state index in [9.17, 15) is 4.79 Å². The molecule has 1 aliphatic heterocycles. The molecule has 0 bridgehead atoms. The molecule has 1 fully saturated rings. The maximum absolute atomic E-state index is 12.5. The van der Waals surface area contributed by atoms with Crippen LogP contribution in [0.15, 0.2) is 67.3 Å². The molecule has 4 rings (SSSR count). The van der Waals surface area contributed by atoms with Crippen molar-refractivity contribution >= 4 is 5.91 Å². The van der Waals surface area contributed by atoms with Crippen LogP contribution in [-0.4, -0.2) is 52.1 Å². The summed E-state index contributed by atoms with van der Waals surface area (Å²) in [4.78, 5) is 27.1. The molecule has 3 heterocycles. The summed E-state index contributed by atoms with van der Waals surface area (Å²) < 4.78 is 11.4. The molecule has 142 valence electrons. The molecule has 1 aliphatic rings. The normalized spacial score (nSPS) is 16.6. The van der Waals surface area contributed by atoms with Crippen LogP contribution in [0.4, 0.5) is 0 Å². The van der Waals surface area contributed by atoms with Gasteiger partial charge < -0.3 is 14.4 Å². The number of ether oxygens (including phenoxy) is 2. The van der Waals surface area contributed by atoms with Gasteiger partial charge in [-0.25, -0.2) is 15.0 Å². The van der Waals surface area contributed by atoms with Crippen molar-refractivity contribution in [2.75, 3.05) is 26.3 Å². The molecule has 1 atom stereocenters. The lowest BCUT2D eigenvalue weighted by Crippen LogP contribution is -2.44. The Labute approximate surface area is 163 Å². The summed E-state index contributed by atoms with van der Waals surface area (Å²) in [5, 5.41) is 0. The molecule has 0 saturated carbocycles. The van der Waals surface area contributed by atoms with Gasteiger partial charge in [0.25, 0.3) is 5.91 Å². The number of pyridine rings is 1. The van der Waals surface area contributed by atoms with Crippen LogP contribution in [0.2, 0.25) is 0 Å². The van der Waals surface area contributed by atoms with Gasteiger partial charge in [-0.05, 0) is 24.3 Å². The molecule has 1 saturated heterocycles. The topological polar surface area (TPSA) is 77.4 Å². The van der Waals surface area contributed by atoms with E-state index >= 15 is 0 Å². The number of amides is 1. The second-order valence-corrected chi connectivity index (χ2v) is 6.38. The summed E-state index contributed by atoms with van der Waals surface area (Å²) in [6.07, 6.45) is 4.65. The molecule has 0 aliphatic carbocycles. The summed E-state index contributed by atoms with van der Waals surface area (Å²) in [7, 11) is 0. The number of para-hydroxylation sites is 1. The molecular formula is C21H20N4O3. The van der Waals surface area contributed by atoms with E-state index in [2.05, 4.69) is 15.0 Å². The van der Waals surface area contributed by atoms with Crippen molar-refractivity contribution in [2.45, 2.75) is 6.10 Å². The van der Waals surface area contributed by atoms with Crippen LogP contribution < -0.4 is 4.74 Å². The smallest absolute Gasteiger partial charge is 0.260 e. The van der Waals surface area contributed by atoms with E-state index in [1.165, 1.54) is 6.33 Å². The van der Waals surface area contributed by atoms with Gasteiger partial charge in [0.1, 0.15) is 18.2 Å². The summed E-state index contributed by atoms with van der Waals surface area (Å²) in [6.45, 7) is 1.45. The fourth-order valence-corrected chi connectivity index (χ4v) is 3.03.